The number of rotatable bonds is 13. The standard InChI is InChI=1S/C28H52N2O8S2/c1-25(2,3)35-21(31)19(29-23(33)37-27(7,8)9)15-13-17-39-40-18-14-16-20(22(32)36-26(4,5)6)30-24(34)38-28(10,11)12/h19-20H,13-18H2,1-12H3,(H,29,33)(H,30,34)/t19-,20-/m0/s1. The highest BCUT2D eigenvalue weighted by atomic mass is 33.1. The van der Waals surface area contributed by atoms with Crippen molar-refractivity contribution in [3.05, 3.63) is 0 Å². The number of nitrogens with one attached hydrogen (secondary N) is 2. The molecule has 0 aliphatic carbocycles. The molecule has 0 aliphatic heterocycles. The average Bonchev–Trinajstić information content (AvgIpc) is 2.68. The van der Waals surface area contributed by atoms with Gasteiger partial charge in [-0.25, -0.2) is 19.2 Å². The Hall–Kier alpha value is -1.82. The summed E-state index contributed by atoms with van der Waals surface area (Å²) in [6, 6.07) is -1.62. The van der Waals surface area contributed by atoms with Crippen molar-refractivity contribution < 1.29 is 38.1 Å². The van der Waals surface area contributed by atoms with Gasteiger partial charge in [0.2, 0.25) is 0 Å². The maximum Gasteiger partial charge on any atom is 0.408 e. The number of alkyl carbamates (subject to hydrolysis) is 2. The van der Waals surface area contributed by atoms with Crippen molar-refractivity contribution in [2.45, 2.75) is 143 Å². The van der Waals surface area contributed by atoms with Crippen molar-refractivity contribution in [1.29, 1.82) is 0 Å². The number of carbonyl (C=O) groups excluding carboxylic acids is 4. The zero-order chi connectivity index (χ0) is 31.4. The van der Waals surface area contributed by atoms with Gasteiger partial charge in [-0.05, 0) is 109 Å². The quantitative estimate of drug-likeness (QED) is 0.105. The molecule has 0 rings (SSSR count). The first-order valence-corrected chi connectivity index (χ1v) is 16.2. The number of carbonyl (C=O) groups is 4. The van der Waals surface area contributed by atoms with E-state index in [1.54, 1.807) is 105 Å². The van der Waals surface area contributed by atoms with Gasteiger partial charge in [0.05, 0.1) is 0 Å². The van der Waals surface area contributed by atoms with Crippen LogP contribution in [0.2, 0.25) is 0 Å². The molecule has 0 bridgehead atoms. The van der Waals surface area contributed by atoms with E-state index in [9.17, 15) is 19.2 Å². The van der Waals surface area contributed by atoms with E-state index < -0.39 is 58.6 Å². The molecule has 0 aromatic heterocycles. The average molecular weight is 609 g/mol. The Kier molecular flexibility index (Phi) is 15.8. The third-order valence-electron chi connectivity index (χ3n) is 4.29. The molecule has 10 nitrogen and oxygen atoms in total. The number of ether oxygens (including phenoxy) is 4. The van der Waals surface area contributed by atoms with E-state index in [-0.39, 0.29) is 0 Å². The summed E-state index contributed by atoms with van der Waals surface area (Å²) in [6.07, 6.45) is 0.815. The van der Waals surface area contributed by atoms with E-state index in [0.29, 0.717) is 25.7 Å². The molecular formula is C28H52N2O8S2. The lowest BCUT2D eigenvalue weighted by Gasteiger charge is -2.26. The molecule has 12 heteroatoms. The Balaban J connectivity index is 4.74. The minimum absolute atomic E-state index is 0.405. The summed E-state index contributed by atoms with van der Waals surface area (Å²) in [4.78, 5) is 49.8. The lowest BCUT2D eigenvalue weighted by Crippen LogP contribution is -2.46. The second-order valence-electron chi connectivity index (χ2n) is 13.4. The molecule has 0 saturated carbocycles. The molecule has 0 aliphatic rings. The Morgan fingerprint density at radius 2 is 0.800 bits per heavy atom. The van der Waals surface area contributed by atoms with Crippen LogP contribution >= 0.6 is 21.6 Å². The largest absolute Gasteiger partial charge is 0.458 e. The summed E-state index contributed by atoms with van der Waals surface area (Å²) in [5.41, 5.74) is -2.71. The van der Waals surface area contributed by atoms with E-state index in [1.807, 2.05) is 0 Å². The van der Waals surface area contributed by atoms with E-state index in [4.69, 9.17) is 18.9 Å². The number of amides is 2. The molecule has 40 heavy (non-hydrogen) atoms. The maximum atomic E-state index is 12.6. The summed E-state index contributed by atoms with van der Waals surface area (Å²) >= 11 is 0. The topological polar surface area (TPSA) is 129 Å². The maximum absolute atomic E-state index is 12.6. The Morgan fingerprint density at radius 3 is 1.05 bits per heavy atom. The van der Waals surface area contributed by atoms with Crippen LogP contribution in [-0.4, -0.2) is 70.1 Å². The van der Waals surface area contributed by atoms with Crippen molar-refractivity contribution in [2.75, 3.05) is 11.5 Å². The minimum atomic E-state index is -0.812. The zero-order valence-electron chi connectivity index (χ0n) is 26.5. The van der Waals surface area contributed by atoms with Crippen molar-refractivity contribution in [1.82, 2.24) is 10.6 Å². The van der Waals surface area contributed by atoms with Gasteiger partial charge < -0.3 is 29.6 Å². The molecule has 2 atom stereocenters. The van der Waals surface area contributed by atoms with Gasteiger partial charge in [-0.15, -0.1) is 0 Å². The molecule has 0 radical (unpaired) electrons. The third kappa shape index (κ3) is 21.9. The first-order valence-electron chi connectivity index (χ1n) is 13.7. The molecule has 2 amide bonds. The lowest BCUT2D eigenvalue weighted by molar-refractivity contribution is -0.158. The van der Waals surface area contributed by atoms with Crippen molar-refractivity contribution >= 4 is 45.7 Å². The first kappa shape index (κ1) is 38.2. The van der Waals surface area contributed by atoms with Crippen LogP contribution in [0.4, 0.5) is 9.59 Å². The SMILES string of the molecule is CC(C)(C)OC(=O)N[C@@H](CCCSSCCC[C@H](NC(=O)OC(C)(C)C)C(=O)OC(C)(C)C)C(=O)OC(C)(C)C. The Morgan fingerprint density at radius 1 is 0.525 bits per heavy atom. The van der Waals surface area contributed by atoms with Gasteiger partial charge in [0.25, 0.3) is 0 Å². The van der Waals surface area contributed by atoms with Crippen molar-refractivity contribution in [2.24, 2.45) is 0 Å². The van der Waals surface area contributed by atoms with Crippen LogP contribution in [0.3, 0.4) is 0 Å². The molecule has 0 heterocycles. The van der Waals surface area contributed by atoms with E-state index in [1.165, 1.54) is 0 Å². The fraction of sp³-hybridized carbons (Fsp3) is 0.857. The molecule has 0 aromatic rings. The van der Waals surface area contributed by atoms with Gasteiger partial charge in [-0.3, -0.25) is 0 Å². The van der Waals surface area contributed by atoms with Gasteiger partial charge in [-0.1, -0.05) is 21.6 Å². The molecule has 0 unspecified atom stereocenters. The fourth-order valence-electron chi connectivity index (χ4n) is 2.95. The summed E-state index contributed by atoms with van der Waals surface area (Å²) in [5, 5.41) is 5.27. The Labute approximate surface area is 248 Å². The molecule has 0 saturated heterocycles. The number of hydrogen-bond donors (Lipinski definition) is 2. The summed E-state index contributed by atoms with van der Waals surface area (Å²) in [7, 11) is 3.27. The highest BCUT2D eigenvalue weighted by Gasteiger charge is 2.29. The smallest absolute Gasteiger partial charge is 0.408 e. The van der Waals surface area contributed by atoms with Crippen molar-refractivity contribution in [3.8, 4) is 0 Å². The van der Waals surface area contributed by atoms with Gasteiger partial charge in [0, 0.05) is 11.5 Å². The molecule has 0 spiro atoms. The first-order chi connectivity index (χ1) is 18.0. The molecule has 0 fully saturated rings. The molecule has 234 valence electrons. The summed E-state index contributed by atoms with van der Waals surface area (Å²) in [6.45, 7) is 21.2. The molecular weight excluding hydrogens is 556 g/mol. The van der Waals surface area contributed by atoms with E-state index in [0.717, 1.165) is 11.5 Å². The number of hydrogen-bond acceptors (Lipinski definition) is 10. The number of esters is 2. The zero-order valence-corrected chi connectivity index (χ0v) is 28.1. The highest BCUT2D eigenvalue weighted by molar-refractivity contribution is 8.76. The second kappa shape index (κ2) is 16.6. The van der Waals surface area contributed by atoms with Gasteiger partial charge in [0.15, 0.2) is 0 Å². The van der Waals surface area contributed by atoms with Crippen molar-refractivity contribution in [3.63, 3.8) is 0 Å². The van der Waals surface area contributed by atoms with Crippen LogP contribution in [0.25, 0.3) is 0 Å². The van der Waals surface area contributed by atoms with Crippen LogP contribution in [0.15, 0.2) is 0 Å². The van der Waals surface area contributed by atoms with Crippen LogP contribution < -0.4 is 10.6 Å². The minimum Gasteiger partial charge on any atom is -0.458 e. The van der Waals surface area contributed by atoms with Gasteiger partial charge >= 0.3 is 24.1 Å². The summed E-state index contributed by atoms with van der Waals surface area (Å²) < 4.78 is 21.5. The van der Waals surface area contributed by atoms with Gasteiger partial charge in [0.1, 0.15) is 34.5 Å². The van der Waals surface area contributed by atoms with Crippen LogP contribution in [-0.2, 0) is 28.5 Å². The Bertz CT molecular complexity index is 756. The second-order valence-corrected chi connectivity index (χ2v) is 16.1. The van der Waals surface area contributed by atoms with Crippen LogP contribution in [0, 0.1) is 0 Å². The van der Waals surface area contributed by atoms with Crippen LogP contribution in [0.5, 0.6) is 0 Å². The monoisotopic (exact) mass is 608 g/mol. The van der Waals surface area contributed by atoms with Gasteiger partial charge in [-0.2, -0.15) is 0 Å². The predicted molar refractivity (Wildman–Crippen MR) is 161 cm³/mol. The lowest BCUT2D eigenvalue weighted by atomic mass is 10.1. The molecule has 2 N–H and O–H groups in total. The molecule has 0 aromatic carbocycles. The van der Waals surface area contributed by atoms with E-state index >= 15 is 0 Å². The fourth-order valence-corrected chi connectivity index (χ4v) is 5.17. The summed E-state index contributed by atoms with van der Waals surface area (Å²) in [5.74, 6) is 0.486. The normalized spacial score (nSPS) is 14.0. The predicted octanol–water partition coefficient (Wildman–Crippen LogP) is 6.40. The van der Waals surface area contributed by atoms with E-state index in [2.05, 4.69) is 10.6 Å². The third-order valence-corrected chi connectivity index (χ3v) is 6.87. The van der Waals surface area contributed by atoms with Crippen LogP contribution in [0.1, 0.15) is 109 Å². The highest BCUT2D eigenvalue weighted by Crippen LogP contribution is 2.25.